The number of aryl methyl sites for hydroxylation is 2. The quantitative estimate of drug-likeness (QED) is 0.252. The van der Waals surface area contributed by atoms with Crippen molar-refractivity contribution in [3.63, 3.8) is 0 Å². The van der Waals surface area contributed by atoms with Crippen molar-refractivity contribution in [2.45, 2.75) is 24.5 Å². The van der Waals surface area contributed by atoms with Crippen LogP contribution in [0.15, 0.2) is 55.4 Å². The summed E-state index contributed by atoms with van der Waals surface area (Å²) in [6.45, 7) is 3.83. The third-order valence-corrected chi connectivity index (χ3v) is 5.21. The minimum atomic E-state index is -0.541. The topological polar surface area (TPSA) is 150 Å². The number of nitrogens with zero attached hydrogens (tertiary/aromatic N) is 6. The fraction of sp³-hybridized carbons (Fsp3) is 0.158. The molecule has 1 amide bonds. The van der Waals surface area contributed by atoms with E-state index in [9.17, 15) is 4.79 Å². The monoisotopic (exact) mass is 438 g/mol. The minimum Gasteiger partial charge on any atom is -0.460 e. The second kappa shape index (κ2) is 8.83. The van der Waals surface area contributed by atoms with Gasteiger partial charge in [0.2, 0.25) is 11.6 Å². The highest BCUT2D eigenvalue weighted by Gasteiger charge is 2.24. The molecule has 0 spiro atoms. The molecule has 0 aliphatic carbocycles. The van der Waals surface area contributed by atoms with Crippen LogP contribution in [0.4, 0.5) is 5.82 Å². The largest absolute Gasteiger partial charge is 0.460 e. The van der Waals surface area contributed by atoms with Crippen LogP contribution >= 0.6 is 11.8 Å². The zero-order chi connectivity index (χ0) is 21.8. The van der Waals surface area contributed by atoms with E-state index < -0.39 is 5.91 Å². The van der Waals surface area contributed by atoms with Crippen LogP contribution in [-0.2, 0) is 5.75 Å². The average molecular weight is 438 g/mol. The van der Waals surface area contributed by atoms with E-state index in [2.05, 4.69) is 35.8 Å². The number of furan rings is 1. The lowest BCUT2D eigenvalue weighted by molar-refractivity contribution is 0.0949. The maximum atomic E-state index is 12.7. The van der Waals surface area contributed by atoms with Gasteiger partial charge in [0.1, 0.15) is 11.5 Å². The Balaban J connectivity index is 1.58. The molecule has 0 aliphatic rings. The van der Waals surface area contributed by atoms with Crippen LogP contribution in [0.25, 0.3) is 5.82 Å². The zero-order valence-electron chi connectivity index (χ0n) is 16.6. The predicted molar refractivity (Wildman–Crippen MR) is 113 cm³/mol. The van der Waals surface area contributed by atoms with Gasteiger partial charge in [-0.3, -0.25) is 4.79 Å². The smallest absolute Gasteiger partial charge is 0.293 e. The standard InChI is InChI=1S/C19H18N8O3S/c1-11-3-7-14(8-4-11)31-10-15-16(22-26-27(15)18-17(20)24-30-25-18)19(28)23-21-9-13-6-5-12(2)29-13/h3-9H,10H2,1-2H3,(H2,20,24)(H,23,28)/b21-9-. The number of hydrazone groups is 1. The average Bonchev–Trinajstić information content (AvgIpc) is 3.47. The van der Waals surface area contributed by atoms with Gasteiger partial charge in [0.05, 0.1) is 11.9 Å². The first-order valence-electron chi connectivity index (χ1n) is 9.13. The molecule has 158 valence electrons. The molecule has 0 radical (unpaired) electrons. The second-order valence-corrected chi connectivity index (χ2v) is 7.57. The van der Waals surface area contributed by atoms with Gasteiger partial charge in [0.15, 0.2) is 5.69 Å². The minimum absolute atomic E-state index is 0.0321. The van der Waals surface area contributed by atoms with E-state index in [1.165, 1.54) is 22.7 Å². The number of nitrogens with one attached hydrogen (secondary N) is 1. The lowest BCUT2D eigenvalue weighted by Gasteiger charge is -2.06. The van der Waals surface area contributed by atoms with Gasteiger partial charge in [0, 0.05) is 10.6 Å². The maximum absolute atomic E-state index is 12.7. The van der Waals surface area contributed by atoms with Crippen LogP contribution < -0.4 is 11.2 Å². The van der Waals surface area contributed by atoms with Crippen LogP contribution in [-0.4, -0.2) is 37.4 Å². The molecule has 3 aromatic heterocycles. The summed E-state index contributed by atoms with van der Waals surface area (Å²) in [5.74, 6) is 1.26. The summed E-state index contributed by atoms with van der Waals surface area (Å²) in [4.78, 5) is 13.7. The zero-order valence-corrected chi connectivity index (χ0v) is 17.5. The lowest BCUT2D eigenvalue weighted by Crippen LogP contribution is -2.20. The van der Waals surface area contributed by atoms with Crippen molar-refractivity contribution >= 4 is 29.7 Å². The van der Waals surface area contributed by atoms with Crippen molar-refractivity contribution in [2.75, 3.05) is 5.73 Å². The Bertz CT molecular complexity index is 1230. The molecule has 4 rings (SSSR count). The summed E-state index contributed by atoms with van der Waals surface area (Å²) in [5.41, 5.74) is 9.93. The predicted octanol–water partition coefficient (Wildman–Crippen LogP) is 2.50. The first-order chi connectivity index (χ1) is 15.0. The Kier molecular flexibility index (Phi) is 5.80. The number of benzene rings is 1. The fourth-order valence-corrected chi connectivity index (χ4v) is 3.52. The van der Waals surface area contributed by atoms with Crippen LogP contribution in [0.5, 0.6) is 0 Å². The fourth-order valence-electron chi connectivity index (χ4n) is 2.63. The molecule has 0 saturated carbocycles. The number of rotatable bonds is 7. The number of nitrogen functional groups attached to an aromatic ring is 1. The van der Waals surface area contributed by atoms with Gasteiger partial charge in [-0.2, -0.15) is 9.78 Å². The SMILES string of the molecule is Cc1ccc(SCc2c(C(=O)N/N=C\c3ccc(C)o3)nnn2-c2nonc2N)cc1. The number of anilines is 1. The van der Waals surface area contributed by atoms with Crippen LogP contribution in [0.2, 0.25) is 0 Å². The third-order valence-electron chi connectivity index (χ3n) is 4.19. The molecule has 0 bridgehead atoms. The highest BCUT2D eigenvalue weighted by molar-refractivity contribution is 7.98. The van der Waals surface area contributed by atoms with Gasteiger partial charge >= 0.3 is 0 Å². The van der Waals surface area contributed by atoms with Crippen molar-refractivity contribution in [2.24, 2.45) is 5.10 Å². The van der Waals surface area contributed by atoms with Gasteiger partial charge in [-0.15, -0.1) is 16.9 Å². The van der Waals surface area contributed by atoms with Gasteiger partial charge in [-0.1, -0.05) is 22.9 Å². The number of amides is 1. The summed E-state index contributed by atoms with van der Waals surface area (Å²) in [6, 6.07) is 11.5. The number of hydrogen-bond acceptors (Lipinski definition) is 10. The van der Waals surface area contributed by atoms with Gasteiger partial charge in [0.25, 0.3) is 5.91 Å². The maximum Gasteiger partial charge on any atom is 0.293 e. The number of carbonyl (C=O) groups excluding carboxylic acids is 1. The Morgan fingerprint density at radius 3 is 2.71 bits per heavy atom. The van der Waals surface area contributed by atoms with E-state index in [1.807, 2.05) is 38.1 Å². The van der Waals surface area contributed by atoms with Crippen LogP contribution in [0.3, 0.4) is 0 Å². The molecular formula is C19H18N8O3S. The molecular weight excluding hydrogens is 420 g/mol. The van der Waals surface area contributed by atoms with Gasteiger partial charge < -0.3 is 10.2 Å². The molecule has 3 N–H and O–H groups in total. The summed E-state index contributed by atoms with van der Waals surface area (Å²) in [5, 5.41) is 19.2. The molecule has 12 heteroatoms. The summed E-state index contributed by atoms with van der Waals surface area (Å²) < 4.78 is 11.4. The molecule has 0 aliphatic heterocycles. The number of hydrogen-bond donors (Lipinski definition) is 2. The Hall–Kier alpha value is -3.93. The molecule has 11 nitrogen and oxygen atoms in total. The van der Waals surface area contributed by atoms with E-state index in [4.69, 9.17) is 10.2 Å². The summed E-state index contributed by atoms with van der Waals surface area (Å²) in [6.07, 6.45) is 1.40. The van der Waals surface area contributed by atoms with Crippen molar-refractivity contribution in [3.8, 4) is 5.82 Å². The van der Waals surface area contributed by atoms with E-state index in [0.29, 0.717) is 17.2 Å². The van der Waals surface area contributed by atoms with Gasteiger partial charge in [-0.25, -0.2) is 10.1 Å². The lowest BCUT2D eigenvalue weighted by atomic mass is 10.2. The van der Waals surface area contributed by atoms with Crippen LogP contribution in [0.1, 0.15) is 33.3 Å². The number of aromatic nitrogens is 5. The Morgan fingerprint density at radius 2 is 2.03 bits per heavy atom. The molecule has 0 saturated heterocycles. The molecule has 0 fully saturated rings. The van der Waals surface area contributed by atoms with Crippen molar-refractivity contribution in [1.29, 1.82) is 0 Å². The molecule has 1 aromatic carbocycles. The summed E-state index contributed by atoms with van der Waals surface area (Å²) in [7, 11) is 0. The number of nitrogens with two attached hydrogens (primary N) is 1. The van der Waals surface area contributed by atoms with E-state index >= 15 is 0 Å². The van der Waals surface area contributed by atoms with Crippen LogP contribution in [0, 0.1) is 13.8 Å². The normalized spacial score (nSPS) is 11.3. The number of thioether (sulfide) groups is 1. The number of carbonyl (C=O) groups is 1. The first kappa shape index (κ1) is 20.3. The highest BCUT2D eigenvalue weighted by atomic mass is 32.2. The van der Waals surface area contributed by atoms with Crippen molar-refractivity contribution in [1.82, 2.24) is 30.7 Å². The highest BCUT2D eigenvalue weighted by Crippen LogP contribution is 2.26. The van der Waals surface area contributed by atoms with E-state index in [1.54, 1.807) is 12.1 Å². The van der Waals surface area contributed by atoms with Gasteiger partial charge in [-0.05, 0) is 48.4 Å². The first-order valence-corrected chi connectivity index (χ1v) is 10.1. The van der Waals surface area contributed by atoms with Crippen molar-refractivity contribution in [3.05, 3.63) is 64.9 Å². The molecule has 0 unspecified atom stereocenters. The van der Waals surface area contributed by atoms with Crippen molar-refractivity contribution < 1.29 is 13.8 Å². The van der Waals surface area contributed by atoms with E-state index in [-0.39, 0.29) is 17.3 Å². The molecule has 0 atom stereocenters. The Labute approximate surface area is 180 Å². The molecule has 3 heterocycles. The molecule has 31 heavy (non-hydrogen) atoms. The van der Waals surface area contributed by atoms with E-state index in [0.717, 1.165) is 16.2 Å². The molecule has 4 aromatic rings. The Morgan fingerprint density at radius 1 is 1.23 bits per heavy atom. The second-order valence-electron chi connectivity index (χ2n) is 6.52. The summed E-state index contributed by atoms with van der Waals surface area (Å²) >= 11 is 1.51. The third kappa shape index (κ3) is 4.64.